The summed E-state index contributed by atoms with van der Waals surface area (Å²) in [7, 11) is 0. The number of aryl methyl sites for hydroxylation is 8. The van der Waals surface area contributed by atoms with Gasteiger partial charge in [-0.15, -0.1) is 0 Å². The minimum atomic E-state index is -0.383. The highest BCUT2D eigenvalue weighted by molar-refractivity contribution is 5.54. The summed E-state index contributed by atoms with van der Waals surface area (Å²) in [4.78, 5) is 0. The highest BCUT2D eigenvalue weighted by Gasteiger charge is 2.49. The van der Waals surface area contributed by atoms with E-state index in [4.69, 9.17) is 0 Å². The lowest BCUT2D eigenvalue weighted by atomic mass is 9.53. The monoisotopic (exact) mass is 634 g/mol. The van der Waals surface area contributed by atoms with E-state index in [0.29, 0.717) is 23.0 Å². The van der Waals surface area contributed by atoms with E-state index in [2.05, 4.69) is 62.4 Å². The van der Waals surface area contributed by atoms with E-state index >= 15 is 0 Å². The second-order valence-electron chi connectivity index (χ2n) is 15.4. The van der Waals surface area contributed by atoms with Crippen molar-refractivity contribution in [2.45, 2.75) is 118 Å². The molecule has 0 aliphatic heterocycles. The maximum absolute atomic E-state index is 10.9. The van der Waals surface area contributed by atoms with Gasteiger partial charge in [-0.2, -0.15) is 0 Å². The van der Waals surface area contributed by atoms with E-state index in [-0.39, 0.29) is 22.7 Å². The number of phenols is 4. The Morgan fingerprint density at radius 1 is 0.574 bits per heavy atom. The van der Waals surface area contributed by atoms with Crippen LogP contribution in [0.4, 0.5) is 0 Å². The Labute approximate surface area is 282 Å². The standard InChI is InChI=1S/C43H54O4/c1-24-15-32(16-25(2)38(24)44)36(23-42(9,10)33-17-26(3)39(45)27(4)18-33)37-13-11-12-14-43(37,34-19-28(5)40(46)29(6)20-34)35-21-30(7)41(47)31(8)22-35/h15-22,36-37,44-47H,11-14,23H2,1-10H3. The lowest BCUT2D eigenvalue weighted by Crippen LogP contribution is -2.44. The van der Waals surface area contributed by atoms with Crippen LogP contribution in [0.15, 0.2) is 48.5 Å². The van der Waals surface area contributed by atoms with Gasteiger partial charge in [0, 0.05) is 5.41 Å². The second-order valence-corrected chi connectivity index (χ2v) is 15.4. The van der Waals surface area contributed by atoms with Gasteiger partial charge in [-0.3, -0.25) is 0 Å². The van der Waals surface area contributed by atoms with Gasteiger partial charge in [0.2, 0.25) is 0 Å². The van der Waals surface area contributed by atoms with Crippen LogP contribution in [0.3, 0.4) is 0 Å². The summed E-state index contributed by atoms with van der Waals surface area (Å²) >= 11 is 0. The van der Waals surface area contributed by atoms with Gasteiger partial charge in [-0.25, -0.2) is 0 Å². The van der Waals surface area contributed by atoms with Crippen LogP contribution >= 0.6 is 0 Å². The number of hydrogen-bond acceptors (Lipinski definition) is 4. The molecule has 0 spiro atoms. The fourth-order valence-corrected chi connectivity index (χ4v) is 8.77. The average molecular weight is 635 g/mol. The summed E-state index contributed by atoms with van der Waals surface area (Å²) < 4.78 is 0. The maximum atomic E-state index is 10.9. The van der Waals surface area contributed by atoms with Crippen LogP contribution in [0.25, 0.3) is 0 Å². The van der Waals surface area contributed by atoms with Crippen molar-refractivity contribution in [3.8, 4) is 23.0 Å². The summed E-state index contributed by atoms with van der Waals surface area (Å²) in [5.41, 5.74) is 11.3. The highest BCUT2D eigenvalue weighted by Crippen LogP contribution is 2.57. The molecule has 0 saturated heterocycles. The molecule has 47 heavy (non-hydrogen) atoms. The molecule has 1 saturated carbocycles. The summed E-state index contributed by atoms with van der Waals surface area (Å²) in [5.74, 6) is 1.69. The summed E-state index contributed by atoms with van der Waals surface area (Å²) in [6.45, 7) is 20.6. The molecule has 0 bridgehead atoms. The van der Waals surface area contributed by atoms with Gasteiger partial charge < -0.3 is 20.4 Å². The SMILES string of the molecule is Cc1cc(C(CC(C)(C)c2cc(C)c(O)c(C)c2)C2CCCCC2(c2cc(C)c(O)c(C)c2)c2cc(C)c(O)c(C)c2)cc(C)c1O. The summed E-state index contributed by atoms with van der Waals surface area (Å²) in [6.07, 6.45) is 5.02. The Balaban J connectivity index is 1.83. The van der Waals surface area contributed by atoms with Gasteiger partial charge in [0.05, 0.1) is 0 Å². The van der Waals surface area contributed by atoms with E-state index in [1.807, 2.05) is 55.4 Å². The molecule has 4 aromatic rings. The molecule has 4 heteroatoms. The van der Waals surface area contributed by atoms with Crippen molar-refractivity contribution in [2.75, 3.05) is 0 Å². The van der Waals surface area contributed by atoms with E-state index in [1.165, 1.54) is 22.3 Å². The Morgan fingerprint density at radius 3 is 1.34 bits per heavy atom. The Bertz CT molecular complexity index is 1680. The zero-order valence-electron chi connectivity index (χ0n) is 30.1. The molecule has 2 unspecified atom stereocenters. The smallest absolute Gasteiger partial charge is 0.121 e. The first-order chi connectivity index (χ1) is 22.0. The van der Waals surface area contributed by atoms with Crippen molar-refractivity contribution >= 4 is 0 Å². The molecular formula is C43H54O4. The number of rotatable bonds is 7. The number of aromatic hydroxyl groups is 4. The zero-order valence-corrected chi connectivity index (χ0v) is 30.1. The quantitative estimate of drug-likeness (QED) is 0.163. The molecule has 0 radical (unpaired) electrons. The number of hydrogen-bond donors (Lipinski definition) is 4. The van der Waals surface area contributed by atoms with E-state index < -0.39 is 0 Å². The van der Waals surface area contributed by atoms with Crippen molar-refractivity contribution in [3.05, 3.63) is 115 Å². The van der Waals surface area contributed by atoms with Crippen LogP contribution in [0.1, 0.15) is 119 Å². The Kier molecular flexibility index (Phi) is 9.22. The number of phenolic OH excluding ortho intramolecular Hbond substituents is 4. The predicted molar refractivity (Wildman–Crippen MR) is 193 cm³/mol. The predicted octanol–water partition coefficient (Wildman–Crippen LogP) is 10.6. The van der Waals surface area contributed by atoms with Crippen molar-refractivity contribution in [3.63, 3.8) is 0 Å². The zero-order chi connectivity index (χ0) is 34.6. The van der Waals surface area contributed by atoms with Gasteiger partial charge in [0.1, 0.15) is 23.0 Å². The molecule has 2 atom stereocenters. The van der Waals surface area contributed by atoms with Crippen molar-refractivity contribution in [1.82, 2.24) is 0 Å². The third-order valence-corrected chi connectivity index (χ3v) is 11.4. The van der Waals surface area contributed by atoms with Crippen LogP contribution in [-0.2, 0) is 10.8 Å². The maximum Gasteiger partial charge on any atom is 0.121 e. The average Bonchev–Trinajstić information content (AvgIpc) is 3.01. The van der Waals surface area contributed by atoms with E-state index in [9.17, 15) is 20.4 Å². The largest absolute Gasteiger partial charge is 0.507 e. The lowest BCUT2D eigenvalue weighted by molar-refractivity contribution is 0.169. The van der Waals surface area contributed by atoms with Gasteiger partial charge in [0.15, 0.2) is 0 Å². The minimum absolute atomic E-state index is 0.113. The first kappa shape index (κ1) is 34.4. The Hall–Kier alpha value is -3.92. The second kappa shape index (κ2) is 12.6. The lowest BCUT2D eigenvalue weighted by Gasteiger charge is -2.51. The van der Waals surface area contributed by atoms with E-state index in [0.717, 1.165) is 76.6 Å². The van der Waals surface area contributed by atoms with Crippen molar-refractivity contribution < 1.29 is 20.4 Å². The summed E-state index contributed by atoms with van der Waals surface area (Å²) in [5, 5.41) is 43.4. The van der Waals surface area contributed by atoms with Crippen LogP contribution in [0, 0.1) is 61.3 Å². The normalized spacial score (nSPS) is 17.1. The molecule has 4 aromatic carbocycles. The van der Waals surface area contributed by atoms with Gasteiger partial charge >= 0.3 is 0 Å². The van der Waals surface area contributed by atoms with Gasteiger partial charge in [-0.05, 0) is 159 Å². The van der Waals surface area contributed by atoms with Crippen LogP contribution < -0.4 is 0 Å². The van der Waals surface area contributed by atoms with Gasteiger partial charge in [-0.1, -0.05) is 75.2 Å². The molecule has 4 N–H and O–H groups in total. The molecule has 0 amide bonds. The topological polar surface area (TPSA) is 80.9 Å². The Morgan fingerprint density at radius 2 is 0.936 bits per heavy atom. The molecule has 1 fully saturated rings. The molecule has 1 aliphatic carbocycles. The molecule has 0 aromatic heterocycles. The first-order valence-corrected chi connectivity index (χ1v) is 17.2. The van der Waals surface area contributed by atoms with Crippen molar-refractivity contribution in [2.24, 2.45) is 5.92 Å². The molecular weight excluding hydrogens is 580 g/mol. The first-order valence-electron chi connectivity index (χ1n) is 17.2. The molecule has 4 nitrogen and oxygen atoms in total. The highest BCUT2D eigenvalue weighted by atomic mass is 16.3. The fourth-order valence-electron chi connectivity index (χ4n) is 8.77. The third-order valence-electron chi connectivity index (χ3n) is 11.4. The van der Waals surface area contributed by atoms with E-state index in [1.54, 1.807) is 0 Å². The molecule has 5 rings (SSSR count). The molecule has 0 heterocycles. The van der Waals surface area contributed by atoms with Crippen molar-refractivity contribution in [1.29, 1.82) is 0 Å². The number of benzene rings is 4. The third kappa shape index (κ3) is 6.12. The minimum Gasteiger partial charge on any atom is -0.507 e. The van der Waals surface area contributed by atoms with Crippen LogP contribution in [0.2, 0.25) is 0 Å². The van der Waals surface area contributed by atoms with Crippen LogP contribution in [-0.4, -0.2) is 20.4 Å². The fraction of sp³-hybridized carbons (Fsp3) is 0.442. The summed E-state index contributed by atoms with van der Waals surface area (Å²) in [6, 6.07) is 17.4. The van der Waals surface area contributed by atoms with Gasteiger partial charge in [0.25, 0.3) is 0 Å². The van der Waals surface area contributed by atoms with Crippen LogP contribution in [0.5, 0.6) is 23.0 Å². The molecule has 250 valence electrons. The molecule has 1 aliphatic rings.